The van der Waals surface area contributed by atoms with Crippen molar-refractivity contribution in [3.63, 3.8) is 0 Å². The van der Waals surface area contributed by atoms with Crippen LogP contribution in [0.3, 0.4) is 0 Å². The highest BCUT2D eigenvalue weighted by Gasteiger charge is 1.97. The zero-order valence-corrected chi connectivity index (χ0v) is 12.3. The van der Waals surface area contributed by atoms with Gasteiger partial charge in [0.1, 0.15) is 0 Å². The van der Waals surface area contributed by atoms with E-state index < -0.39 is 0 Å². The second-order valence-corrected chi connectivity index (χ2v) is 5.78. The smallest absolute Gasteiger partial charge is 0.0205 e. The van der Waals surface area contributed by atoms with E-state index in [4.69, 9.17) is 0 Å². The third-order valence-electron chi connectivity index (χ3n) is 2.72. The zero-order valence-electron chi connectivity index (χ0n) is 9.87. The summed E-state index contributed by atoms with van der Waals surface area (Å²) in [5.74, 6) is 0. The molecule has 1 nitrogen and oxygen atoms in total. The molecule has 0 spiro atoms. The summed E-state index contributed by atoms with van der Waals surface area (Å²) < 4.78 is 1.18. The van der Waals surface area contributed by atoms with Crippen LogP contribution >= 0.6 is 27.3 Å². The SMILES string of the molecule is Cc1cc(CNCCc2ccsc2)ccc1Br. The molecule has 0 aliphatic carbocycles. The molecule has 0 atom stereocenters. The number of nitrogens with one attached hydrogen (secondary N) is 1. The van der Waals surface area contributed by atoms with Crippen molar-refractivity contribution in [2.75, 3.05) is 6.54 Å². The van der Waals surface area contributed by atoms with Crippen LogP contribution in [0.1, 0.15) is 16.7 Å². The number of aryl methyl sites for hydroxylation is 1. The summed E-state index contributed by atoms with van der Waals surface area (Å²) in [5, 5.41) is 7.82. The number of halogens is 1. The summed E-state index contributed by atoms with van der Waals surface area (Å²) in [6.07, 6.45) is 1.11. The predicted molar refractivity (Wildman–Crippen MR) is 78.6 cm³/mol. The molecule has 0 saturated heterocycles. The van der Waals surface area contributed by atoms with Crippen molar-refractivity contribution in [2.24, 2.45) is 0 Å². The van der Waals surface area contributed by atoms with Crippen LogP contribution in [-0.2, 0) is 13.0 Å². The first-order valence-corrected chi connectivity index (χ1v) is 7.46. The van der Waals surface area contributed by atoms with Gasteiger partial charge >= 0.3 is 0 Å². The molecule has 0 unspecified atom stereocenters. The lowest BCUT2D eigenvalue weighted by atomic mass is 10.1. The van der Waals surface area contributed by atoms with Crippen LogP contribution in [0.25, 0.3) is 0 Å². The molecule has 0 amide bonds. The second kappa shape index (κ2) is 6.34. The molecule has 0 fully saturated rings. The van der Waals surface area contributed by atoms with Gasteiger partial charge in [0.15, 0.2) is 0 Å². The molecule has 0 aliphatic rings. The predicted octanol–water partition coefficient (Wildman–Crippen LogP) is 4.15. The molecular weight excluding hydrogens is 294 g/mol. The van der Waals surface area contributed by atoms with Crippen molar-refractivity contribution in [3.05, 3.63) is 56.2 Å². The van der Waals surface area contributed by atoms with Gasteiger partial charge in [0.25, 0.3) is 0 Å². The Morgan fingerprint density at radius 2 is 2.12 bits per heavy atom. The molecule has 0 radical (unpaired) electrons. The van der Waals surface area contributed by atoms with Crippen molar-refractivity contribution in [2.45, 2.75) is 19.9 Å². The molecule has 90 valence electrons. The fraction of sp³-hybridized carbons (Fsp3) is 0.286. The van der Waals surface area contributed by atoms with Crippen molar-refractivity contribution >= 4 is 27.3 Å². The standard InChI is InChI=1S/C14H16BrNS/c1-11-8-13(2-3-14(11)15)9-16-6-4-12-5-7-17-10-12/h2-3,5,7-8,10,16H,4,6,9H2,1H3. The van der Waals surface area contributed by atoms with Gasteiger partial charge < -0.3 is 5.32 Å². The van der Waals surface area contributed by atoms with Gasteiger partial charge in [-0.2, -0.15) is 11.3 Å². The minimum Gasteiger partial charge on any atom is -0.312 e. The van der Waals surface area contributed by atoms with E-state index in [9.17, 15) is 0 Å². The highest BCUT2D eigenvalue weighted by Crippen LogP contribution is 2.16. The number of rotatable bonds is 5. The molecule has 1 N–H and O–H groups in total. The van der Waals surface area contributed by atoms with Gasteiger partial charge in [-0.05, 0) is 59.5 Å². The second-order valence-electron chi connectivity index (χ2n) is 4.14. The van der Waals surface area contributed by atoms with Crippen LogP contribution in [-0.4, -0.2) is 6.54 Å². The first kappa shape index (κ1) is 12.8. The summed E-state index contributed by atoms with van der Waals surface area (Å²) in [4.78, 5) is 0. The molecule has 0 bridgehead atoms. The third-order valence-corrected chi connectivity index (χ3v) is 4.34. The van der Waals surface area contributed by atoms with Crippen LogP contribution in [0.15, 0.2) is 39.5 Å². The average molecular weight is 310 g/mol. The molecule has 3 heteroatoms. The molecular formula is C14H16BrNS. The van der Waals surface area contributed by atoms with Gasteiger partial charge in [0.05, 0.1) is 0 Å². The Morgan fingerprint density at radius 1 is 1.24 bits per heavy atom. The average Bonchev–Trinajstić information content (AvgIpc) is 2.82. The summed E-state index contributed by atoms with van der Waals surface area (Å²) in [6.45, 7) is 4.10. The normalized spacial score (nSPS) is 10.7. The van der Waals surface area contributed by atoms with Crippen molar-refractivity contribution in [1.82, 2.24) is 5.32 Å². The number of benzene rings is 1. The Balaban J connectivity index is 1.76. The van der Waals surface area contributed by atoms with E-state index in [0.29, 0.717) is 0 Å². The number of thiophene rings is 1. The minimum atomic E-state index is 0.943. The highest BCUT2D eigenvalue weighted by molar-refractivity contribution is 9.10. The Bertz CT molecular complexity index is 465. The fourth-order valence-electron chi connectivity index (χ4n) is 1.72. The summed E-state index contributed by atoms with van der Waals surface area (Å²) in [7, 11) is 0. The molecule has 0 aliphatic heterocycles. The van der Waals surface area contributed by atoms with Gasteiger partial charge in [-0.1, -0.05) is 28.1 Å². The third kappa shape index (κ3) is 3.95. The lowest BCUT2D eigenvalue weighted by Crippen LogP contribution is -2.16. The molecule has 2 rings (SSSR count). The topological polar surface area (TPSA) is 12.0 Å². The van der Waals surface area contributed by atoms with E-state index >= 15 is 0 Å². The maximum Gasteiger partial charge on any atom is 0.0205 e. The fourth-order valence-corrected chi connectivity index (χ4v) is 2.67. The van der Waals surface area contributed by atoms with Crippen LogP contribution in [0.5, 0.6) is 0 Å². The largest absolute Gasteiger partial charge is 0.312 e. The van der Waals surface area contributed by atoms with Gasteiger partial charge in [-0.3, -0.25) is 0 Å². The van der Waals surface area contributed by atoms with Crippen LogP contribution in [0, 0.1) is 6.92 Å². The van der Waals surface area contributed by atoms with Gasteiger partial charge in [-0.15, -0.1) is 0 Å². The monoisotopic (exact) mass is 309 g/mol. The van der Waals surface area contributed by atoms with E-state index in [1.165, 1.54) is 21.2 Å². The van der Waals surface area contributed by atoms with Gasteiger partial charge in [0, 0.05) is 11.0 Å². The highest BCUT2D eigenvalue weighted by atomic mass is 79.9. The van der Waals surface area contributed by atoms with Crippen LogP contribution in [0.2, 0.25) is 0 Å². The number of hydrogen-bond donors (Lipinski definition) is 1. The Labute approximate surface area is 115 Å². The van der Waals surface area contributed by atoms with Gasteiger partial charge in [0.2, 0.25) is 0 Å². The molecule has 17 heavy (non-hydrogen) atoms. The molecule has 2 aromatic rings. The van der Waals surface area contributed by atoms with E-state index in [1.807, 2.05) is 0 Å². The lowest BCUT2D eigenvalue weighted by molar-refractivity contribution is 0.687. The zero-order chi connectivity index (χ0) is 12.1. The Kier molecular flexibility index (Phi) is 4.77. The van der Waals surface area contributed by atoms with Gasteiger partial charge in [-0.25, -0.2) is 0 Å². The van der Waals surface area contributed by atoms with Crippen molar-refractivity contribution < 1.29 is 0 Å². The van der Waals surface area contributed by atoms with E-state index in [0.717, 1.165) is 19.5 Å². The maximum atomic E-state index is 3.52. The summed E-state index contributed by atoms with van der Waals surface area (Å²) in [6, 6.07) is 8.69. The molecule has 1 aromatic carbocycles. The van der Waals surface area contributed by atoms with E-state index in [2.05, 4.69) is 63.2 Å². The van der Waals surface area contributed by atoms with E-state index in [1.54, 1.807) is 11.3 Å². The Hall–Kier alpha value is -0.640. The van der Waals surface area contributed by atoms with Crippen molar-refractivity contribution in [3.8, 4) is 0 Å². The Morgan fingerprint density at radius 3 is 2.82 bits per heavy atom. The molecule has 1 heterocycles. The van der Waals surface area contributed by atoms with Crippen molar-refractivity contribution in [1.29, 1.82) is 0 Å². The first-order chi connectivity index (χ1) is 8.25. The quantitative estimate of drug-likeness (QED) is 0.818. The summed E-state index contributed by atoms with van der Waals surface area (Å²) in [5.41, 5.74) is 4.06. The summed E-state index contributed by atoms with van der Waals surface area (Å²) >= 11 is 5.28. The van der Waals surface area contributed by atoms with Crippen LogP contribution in [0.4, 0.5) is 0 Å². The first-order valence-electron chi connectivity index (χ1n) is 5.72. The number of hydrogen-bond acceptors (Lipinski definition) is 2. The minimum absolute atomic E-state index is 0.943. The molecule has 0 saturated carbocycles. The lowest BCUT2D eigenvalue weighted by Gasteiger charge is -2.06. The van der Waals surface area contributed by atoms with E-state index in [-0.39, 0.29) is 0 Å². The van der Waals surface area contributed by atoms with Crippen LogP contribution < -0.4 is 5.32 Å². The molecule has 1 aromatic heterocycles. The maximum absolute atomic E-state index is 3.52.